The van der Waals surface area contributed by atoms with Crippen LogP contribution in [0.1, 0.15) is 137 Å². The van der Waals surface area contributed by atoms with Crippen molar-refractivity contribution in [2.75, 3.05) is 0 Å². The number of carbonyl (C=O) groups excluding carboxylic acids is 1. The minimum Gasteiger partial charge on any atom is -0.512 e. The van der Waals surface area contributed by atoms with Crippen molar-refractivity contribution in [3.05, 3.63) is 64.7 Å². The molecule has 0 bridgehead atoms. The van der Waals surface area contributed by atoms with E-state index in [2.05, 4.69) is 100 Å². The van der Waals surface area contributed by atoms with Gasteiger partial charge in [-0.1, -0.05) is 129 Å². The monoisotopic (exact) mass is 948 g/mol. The maximum Gasteiger partial charge on any atom is 0.162 e. The van der Waals surface area contributed by atoms with Gasteiger partial charge in [-0.25, -0.2) is 4.98 Å². The van der Waals surface area contributed by atoms with E-state index in [0.29, 0.717) is 23.7 Å². The van der Waals surface area contributed by atoms with E-state index in [1.165, 1.54) is 61.9 Å². The number of hydrogen-bond donors (Lipinski definition) is 1. The SMILES string of the molecule is CCC(CC)C(=O)/C=C(\O)C(CC)CC.Cc1cc2[c-]c(-c3ncnc4c(C)c([Si](CC(C)C)(CC(C)C)CC(C)C)sc34)cc(C(C)C)c2cc1C.[Ir]. The van der Waals surface area contributed by atoms with Gasteiger partial charge in [0, 0.05) is 48.4 Å². The number of aryl methyl sites for hydroxylation is 3. The average Bonchev–Trinajstić information content (AvgIpc) is 3.42. The Hall–Kier alpha value is -2.18. The summed E-state index contributed by atoms with van der Waals surface area (Å²) in [6.45, 7) is 33.9. The Morgan fingerprint density at radius 2 is 1.31 bits per heavy atom. The van der Waals surface area contributed by atoms with Crippen LogP contribution < -0.4 is 4.50 Å². The van der Waals surface area contributed by atoms with Gasteiger partial charge in [-0.05, 0) is 80.2 Å². The van der Waals surface area contributed by atoms with Crippen LogP contribution in [0.25, 0.3) is 32.2 Å². The number of aromatic nitrogens is 2. The van der Waals surface area contributed by atoms with Crippen LogP contribution in [-0.4, -0.2) is 28.9 Å². The molecule has 0 aliphatic heterocycles. The summed E-state index contributed by atoms with van der Waals surface area (Å²) in [5, 5.41) is 12.3. The van der Waals surface area contributed by atoms with Gasteiger partial charge >= 0.3 is 0 Å². The molecule has 1 radical (unpaired) electrons. The number of benzene rings is 2. The Morgan fingerprint density at radius 1 is 0.796 bits per heavy atom. The summed E-state index contributed by atoms with van der Waals surface area (Å²) in [7, 11) is -1.76. The number of fused-ring (bicyclic) bond motifs is 2. The third kappa shape index (κ3) is 11.7. The number of ketones is 1. The first kappa shape index (κ1) is 48.0. The number of aliphatic hydroxyl groups excluding tert-OH is 1. The van der Waals surface area contributed by atoms with Gasteiger partial charge in [0.15, 0.2) is 5.78 Å². The molecule has 301 valence electrons. The molecule has 0 amide bonds. The van der Waals surface area contributed by atoms with Crippen LogP contribution in [-0.2, 0) is 24.9 Å². The molecular weight excluding hydrogens is 877 g/mol. The zero-order valence-electron chi connectivity index (χ0n) is 36.3. The zero-order chi connectivity index (χ0) is 39.8. The Balaban J connectivity index is 0.000000536. The number of rotatable bonds is 16. The van der Waals surface area contributed by atoms with Crippen LogP contribution in [0.2, 0.25) is 18.1 Å². The second-order valence-electron chi connectivity index (χ2n) is 17.3. The molecule has 0 saturated heterocycles. The maximum atomic E-state index is 11.7. The summed E-state index contributed by atoms with van der Waals surface area (Å²) in [4.78, 5) is 21.5. The minimum atomic E-state index is -1.76. The molecule has 0 unspecified atom stereocenters. The molecule has 4 aromatic rings. The molecule has 54 heavy (non-hydrogen) atoms. The van der Waals surface area contributed by atoms with E-state index in [1.807, 2.05) is 39.0 Å². The standard InChI is InChI=1S/C34H47N2SSi.C13H24O2.Ir/c1-20(2)16-38(17-21(3)4,18-22(5)6)34-26(11)31-33(37-34)32(36-19-35-31)28-14-27-12-24(9)25(10)13-30(27)29(15-28)23(7)8;1-5-10(6-2)12(14)9-13(15)11(7-3)8-4;/h12-13,15,19-23H,16-18H2,1-11H3;9-11,14H,5-8H2,1-4H3;/q-1;;/b;12-9-;. The summed E-state index contributed by atoms with van der Waals surface area (Å²) < 4.78 is 2.92. The fraction of sp³-hybridized carbons (Fsp3) is 0.596. The van der Waals surface area contributed by atoms with Crippen LogP contribution in [0.4, 0.5) is 0 Å². The van der Waals surface area contributed by atoms with Gasteiger partial charge in [0.05, 0.1) is 11.3 Å². The molecule has 2 heterocycles. The number of nitrogens with zero attached hydrogens (tertiary/aromatic N) is 2. The molecule has 2 aromatic carbocycles. The minimum absolute atomic E-state index is 0. The average molecular weight is 948 g/mol. The van der Waals surface area contributed by atoms with E-state index in [9.17, 15) is 9.90 Å². The van der Waals surface area contributed by atoms with Gasteiger partial charge in [-0.3, -0.25) is 9.78 Å². The van der Waals surface area contributed by atoms with E-state index in [-0.39, 0.29) is 43.5 Å². The first-order chi connectivity index (χ1) is 24.9. The Labute approximate surface area is 347 Å². The van der Waals surface area contributed by atoms with Crippen molar-refractivity contribution < 1.29 is 30.0 Å². The van der Waals surface area contributed by atoms with Gasteiger partial charge in [-0.2, -0.15) is 0 Å². The van der Waals surface area contributed by atoms with E-state index >= 15 is 0 Å². The Morgan fingerprint density at radius 3 is 1.80 bits per heavy atom. The zero-order valence-corrected chi connectivity index (χ0v) is 40.5. The smallest absolute Gasteiger partial charge is 0.162 e. The van der Waals surface area contributed by atoms with E-state index in [1.54, 1.807) is 10.8 Å². The molecule has 0 atom stereocenters. The molecule has 0 saturated carbocycles. The molecule has 1 N–H and O–H groups in total. The first-order valence-electron chi connectivity index (χ1n) is 20.6. The van der Waals surface area contributed by atoms with Crippen molar-refractivity contribution in [3.63, 3.8) is 0 Å². The van der Waals surface area contributed by atoms with Crippen molar-refractivity contribution in [2.45, 2.75) is 154 Å². The molecule has 2 aromatic heterocycles. The third-order valence-electron chi connectivity index (χ3n) is 11.1. The van der Waals surface area contributed by atoms with Crippen LogP contribution in [0.5, 0.6) is 0 Å². The van der Waals surface area contributed by atoms with Crippen LogP contribution >= 0.6 is 11.3 Å². The van der Waals surface area contributed by atoms with Gasteiger partial charge in [0.25, 0.3) is 0 Å². The van der Waals surface area contributed by atoms with Crippen LogP contribution in [0.3, 0.4) is 0 Å². The molecule has 0 aliphatic carbocycles. The number of allylic oxidation sites excluding steroid dienone is 2. The second-order valence-corrected chi connectivity index (χ2v) is 23.0. The number of hydrogen-bond acceptors (Lipinski definition) is 5. The summed E-state index contributed by atoms with van der Waals surface area (Å²) in [6.07, 6.45) is 6.69. The van der Waals surface area contributed by atoms with Crippen LogP contribution in [0, 0.1) is 56.4 Å². The normalized spacial score (nSPS) is 12.5. The molecule has 0 spiro atoms. The van der Waals surface area contributed by atoms with Crippen molar-refractivity contribution in [2.24, 2.45) is 29.6 Å². The van der Waals surface area contributed by atoms with Gasteiger partial charge in [0.2, 0.25) is 0 Å². The maximum absolute atomic E-state index is 11.7. The number of thiophene rings is 1. The van der Waals surface area contributed by atoms with Crippen molar-refractivity contribution in [1.29, 1.82) is 0 Å². The summed E-state index contributed by atoms with van der Waals surface area (Å²) in [5.74, 6) is 3.07. The Kier molecular flexibility index (Phi) is 19.0. The molecule has 4 nitrogen and oxygen atoms in total. The Bertz CT molecular complexity index is 1820. The second kappa shape index (κ2) is 21.4. The van der Waals surface area contributed by atoms with Crippen molar-refractivity contribution >= 4 is 50.7 Å². The van der Waals surface area contributed by atoms with E-state index < -0.39 is 8.07 Å². The number of aliphatic hydroxyl groups is 1. The molecule has 4 rings (SSSR count). The fourth-order valence-corrected chi connectivity index (χ4v) is 18.1. The van der Waals surface area contributed by atoms with Gasteiger partial charge in [-0.15, -0.1) is 40.5 Å². The predicted molar refractivity (Wildman–Crippen MR) is 236 cm³/mol. The van der Waals surface area contributed by atoms with Gasteiger partial charge in [0.1, 0.15) is 14.4 Å². The summed E-state index contributed by atoms with van der Waals surface area (Å²) in [5.41, 5.74) is 8.76. The van der Waals surface area contributed by atoms with Gasteiger partial charge < -0.3 is 5.11 Å². The van der Waals surface area contributed by atoms with E-state index in [4.69, 9.17) is 9.97 Å². The molecule has 7 heteroatoms. The quantitative estimate of drug-likeness (QED) is 0.0526. The number of carbonyl (C=O) groups is 1. The topological polar surface area (TPSA) is 63.1 Å². The van der Waals surface area contributed by atoms with E-state index in [0.717, 1.165) is 42.5 Å². The first-order valence-corrected chi connectivity index (χ1v) is 24.0. The molecular formula is C47H71IrN2O2SSi-. The third-order valence-corrected chi connectivity index (χ3v) is 19.9. The van der Waals surface area contributed by atoms with Crippen molar-refractivity contribution in [3.8, 4) is 11.3 Å². The predicted octanol–water partition coefficient (Wildman–Crippen LogP) is 13.9. The largest absolute Gasteiger partial charge is 0.512 e. The molecule has 0 aliphatic rings. The molecule has 0 fully saturated rings. The van der Waals surface area contributed by atoms with Crippen molar-refractivity contribution in [1.82, 2.24) is 9.97 Å². The summed E-state index contributed by atoms with van der Waals surface area (Å²) >= 11 is 2.02. The fourth-order valence-electron chi connectivity index (χ4n) is 8.55. The van der Waals surface area contributed by atoms with Crippen LogP contribution in [0.15, 0.2) is 36.4 Å². The summed E-state index contributed by atoms with van der Waals surface area (Å²) in [6, 6.07) is 14.8.